The summed E-state index contributed by atoms with van der Waals surface area (Å²) in [5, 5.41) is 5.06. The van der Waals surface area contributed by atoms with Crippen molar-refractivity contribution in [3.8, 4) is 0 Å². The van der Waals surface area contributed by atoms with E-state index in [9.17, 15) is 21.2 Å². The summed E-state index contributed by atoms with van der Waals surface area (Å²) in [7, 11) is -7.84. The molecule has 146 valence electrons. The predicted octanol–water partition coefficient (Wildman–Crippen LogP) is 2.61. The Balaban J connectivity index is 1.98. The average Bonchev–Trinajstić information content (AvgIpc) is 3.14. The number of nitrogens with zero attached hydrogens (tertiary/aromatic N) is 1. The van der Waals surface area contributed by atoms with Gasteiger partial charge in [-0.2, -0.15) is 4.31 Å². The van der Waals surface area contributed by atoms with Crippen LogP contribution in [0.25, 0.3) is 0 Å². The summed E-state index contributed by atoms with van der Waals surface area (Å²) in [5.41, 5.74) is 0.300. The molecule has 0 spiro atoms. The molecule has 9 heteroatoms. The Hall–Kier alpha value is -1.81. The van der Waals surface area contributed by atoms with Gasteiger partial charge in [0.15, 0.2) is 0 Å². The zero-order chi connectivity index (χ0) is 19.7. The lowest BCUT2D eigenvalue weighted by atomic mass is 10.2. The minimum atomic E-state index is -3.93. The molecular formula is C18H21FN2O4S2. The largest absolute Gasteiger partial charge is 0.243 e. The molecule has 0 heterocycles. The molecule has 1 aliphatic rings. The summed E-state index contributed by atoms with van der Waals surface area (Å²) in [6.07, 6.45) is 3.25. The lowest BCUT2D eigenvalue weighted by Gasteiger charge is -2.28. The molecule has 1 fully saturated rings. The molecule has 2 aromatic carbocycles. The maximum atomic E-state index is 14.1. The quantitative estimate of drug-likeness (QED) is 0.789. The van der Waals surface area contributed by atoms with E-state index in [2.05, 4.69) is 0 Å². The molecule has 6 nitrogen and oxygen atoms in total. The highest BCUT2D eigenvalue weighted by Crippen LogP contribution is 2.31. The van der Waals surface area contributed by atoms with Crippen molar-refractivity contribution < 1.29 is 21.2 Å². The molecule has 0 aromatic heterocycles. The highest BCUT2D eigenvalue weighted by Gasteiger charge is 2.34. The number of halogens is 1. The van der Waals surface area contributed by atoms with Gasteiger partial charge in [-0.3, -0.25) is 0 Å². The van der Waals surface area contributed by atoms with Crippen molar-refractivity contribution in [2.45, 2.75) is 48.1 Å². The second kappa shape index (κ2) is 7.67. The van der Waals surface area contributed by atoms with E-state index in [1.807, 2.05) is 0 Å². The van der Waals surface area contributed by atoms with Crippen LogP contribution in [0, 0.1) is 5.82 Å². The predicted molar refractivity (Wildman–Crippen MR) is 99.2 cm³/mol. The molecule has 0 aliphatic heterocycles. The number of sulfonamides is 2. The van der Waals surface area contributed by atoms with E-state index >= 15 is 0 Å². The third kappa shape index (κ3) is 4.37. The van der Waals surface area contributed by atoms with Gasteiger partial charge in [0.05, 0.1) is 9.79 Å². The molecule has 3 rings (SSSR count). The fourth-order valence-electron chi connectivity index (χ4n) is 3.33. The van der Waals surface area contributed by atoms with Gasteiger partial charge in [-0.15, -0.1) is 0 Å². The third-order valence-electron chi connectivity index (χ3n) is 4.77. The number of rotatable bonds is 6. The van der Waals surface area contributed by atoms with Crippen LogP contribution in [0.4, 0.5) is 4.39 Å². The molecule has 0 unspecified atom stereocenters. The number of hydrogen-bond donors (Lipinski definition) is 1. The van der Waals surface area contributed by atoms with E-state index < -0.39 is 25.9 Å². The Bertz CT molecular complexity index is 1020. The standard InChI is InChI=1S/C18H21FN2O4S2/c19-18-8-4-1-5-14(18)13-21(15-6-2-3-7-15)27(24,25)17-11-9-16(10-12-17)26(20,22)23/h1,4-5,8-12,15H,2-3,6-7,13H2,(H2,20,22,23). The summed E-state index contributed by atoms with van der Waals surface area (Å²) in [4.78, 5) is -0.207. The van der Waals surface area contributed by atoms with Gasteiger partial charge >= 0.3 is 0 Å². The number of primary sulfonamides is 1. The van der Waals surface area contributed by atoms with Gasteiger partial charge in [0.25, 0.3) is 0 Å². The second-order valence-electron chi connectivity index (χ2n) is 6.60. The topological polar surface area (TPSA) is 97.5 Å². The first-order valence-electron chi connectivity index (χ1n) is 8.58. The maximum Gasteiger partial charge on any atom is 0.243 e. The van der Waals surface area contributed by atoms with Crippen LogP contribution in [0.15, 0.2) is 58.3 Å². The van der Waals surface area contributed by atoms with E-state index in [1.54, 1.807) is 18.2 Å². The van der Waals surface area contributed by atoms with Crippen LogP contribution >= 0.6 is 0 Å². The Kier molecular flexibility index (Phi) is 5.66. The van der Waals surface area contributed by atoms with E-state index in [-0.39, 0.29) is 22.4 Å². The highest BCUT2D eigenvalue weighted by atomic mass is 32.2. The molecule has 1 aliphatic carbocycles. The van der Waals surface area contributed by atoms with Gasteiger partial charge in [0.2, 0.25) is 20.0 Å². The lowest BCUT2D eigenvalue weighted by molar-refractivity contribution is 0.312. The van der Waals surface area contributed by atoms with Crippen molar-refractivity contribution in [1.82, 2.24) is 4.31 Å². The van der Waals surface area contributed by atoms with Crippen LogP contribution in [0.2, 0.25) is 0 Å². The summed E-state index contributed by atoms with van der Waals surface area (Å²) >= 11 is 0. The Morgan fingerprint density at radius 2 is 1.48 bits per heavy atom. The van der Waals surface area contributed by atoms with E-state index in [4.69, 9.17) is 5.14 Å². The van der Waals surface area contributed by atoms with Crippen molar-refractivity contribution >= 4 is 20.0 Å². The normalized spacial score (nSPS) is 16.1. The molecule has 0 radical (unpaired) electrons. The first-order valence-corrected chi connectivity index (χ1v) is 11.6. The maximum absolute atomic E-state index is 14.1. The molecule has 0 atom stereocenters. The van der Waals surface area contributed by atoms with Gasteiger partial charge in [0, 0.05) is 18.2 Å². The smallest absolute Gasteiger partial charge is 0.225 e. The zero-order valence-corrected chi connectivity index (χ0v) is 16.2. The molecule has 2 N–H and O–H groups in total. The number of nitrogens with two attached hydrogens (primary N) is 1. The van der Waals surface area contributed by atoms with Crippen LogP contribution in [0.5, 0.6) is 0 Å². The van der Waals surface area contributed by atoms with E-state index in [0.29, 0.717) is 18.4 Å². The van der Waals surface area contributed by atoms with Crippen LogP contribution < -0.4 is 5.14 Å². The molecule has 0 bridgehead atoms. The van der Waals surface area contributed by atoms with Crippen LogP contribution in [-0.4, -0.2) is 27.2 Å². The zero-order valence-electron chi connectivity index (χ0n) is 14.6. The molecular weight excluding hydrogens is 391 g/mol. The molecule has 1 saturated carbocycles. The van der Waals surface area contributed by atoms with Crippen molar-refractivity contribution in [3.63, 3.8) is 0 Å². The van der Waals surface area contributed by atoms with Crippen molar-refractivity contribution in [3.05, 3.63) is 59.9 Å². The molecule has 2 aromatic rings. The Morgan fingerprint density at radius 1 is 0.926 bits per heavy atom. The summed E-state index contributed by atoms with van der Waals surface area (Å²) in [5.74, 6) is -0.458. The molecule has 0 saturated heterocycles. The monoisotopic (exact) mass is 412 g/mol. The third-order valence-corrected chi connectivity index (χ3v) is 7.62. The minimum Gasteiger partial charge on any atom is -0.225 e. The van der Waals surface area contributed by atoms with Gasteiger partial charge < -0.3 is 0 Å². The van der Waals surface area contributed by atoms with Crippen LogP contribution in [0.3, 0.4) is 0 Å². The van der Waals surface area contributed by atoms with Gasteiger partial charge in [-0.25, -0.2) is 26.4 Å². The Labute approximate surface area is 158 Å². The van der Waals surface area contributed by atoms with Crippen LogP contribution in [0.1, 0.15) is 31.2 Å². The van der Waals surface area contributed by atoms with Crippen molar-refractivity contribution in [2.24, 2.45) is 5.14 Å². The highest BCUT2D eigenvalue weighted by molar-refractivity contribution is 7.89. The van der Waals surface area contributed by atoms with E-state index in [0.717, 1.165) is 25.0 Å². The summed E-state index contributed by atoms with van der Waals surface area (Å²) in [6, 6.07) is 10.6. The lowest BCUT2D eigenvalue weighted by Crippen LogP contribution is -2.38. The van der Waals surface area contributed by atoms with Crippen LogP contribution in [-0.2, 0) is 26.6 Å². The van der Waals surface area contributed by atoms with Crippen molar-refractivity contribution in [2.75, 3.05) is 0 Å². The fourth-order valence-corrected chi connectivity index (χ4v) is 5.51. The first-order chi connectivity index (χ1) is 12.7. The summed E-state index contributed by atoms with van der Waals surface area (Å²) in [6.45, 7) is -0.0728. The van der Waals surface area contributed by atoms with Gasteiger partial charge in [0.1, 0.15) is 5.82 Å². The average molecular weight is 413 g/mol. The Morgan fingerprint density at radius 3 is 2.04 bits per heavy atom. The van der Waals surface area contributed by atoms with E-state index in [1.165, 1.54) is 22.5 Å². The fraction of sp³-hybridized carbons (Fsp3) is 0.333. The van der Waals surface area contributed by atoms with Crippen molar-refractivity contribution in [1.29, 1.82) is 0 Å². The SMILES string of the molecule is NS(=O)(=O)c1ccc(S(=O)(=O)N(Cc2ccccc2F)C2CCCC2)cc1. The molecule has 0 amide bonds. The minimum absolute atomic E-state index is 0.0434. The van der Waals surface area contributed by atoms with Gasteiger partial charge in [-0.05, 0) is 43.2 Å². The number of hydrogen-bond acceptors (Lipinski definition) is 4. The van der Waals surface area contributed by atoms with Gasteiger partial charge in [-0.1, -0.05) is 31.0 Å². The number of benzene rings is 2. The summed E-state index contributed by atoms with van der Waals surface area (Å²) < 4.78 is 64.7. The molecule has 27 heavy (non-hydrogen) atoms. The first kappa shape index (κ1) is 19.9. The second-order valence-corrected chi connectivity index (χ2v) is 10.0.